The number of morpholine rings is 1. The van der Waals surface area contributed by atoms with Crippen molar-refractivity contribution in [2.75, 3.05) is 13.1 Å². The van der Waals surface area contributed by atoms with E-state index in [1.165, 1.54) is 0 Å². The highest BCUT2D eigenvalue weighted by atomic mass is 35.5. The number of amides is 1. The topological polar surface area (TPSA) is 38.8 Å². The van der Waals surface area contributed by atoms with Crippen molar-refractivity contribution in [1.29, 1.82) is 0 Å². The van der Waals surface area contributed by atoms with Gasteiger partial charge in [-0.15, -0.1) is 0 Å². The van der Waals surface area contributed by atoms with Crippen molar-refractivity contribution in [3.8, 4) is 5.75 Å². The summed E-state index contributed by atoms with van der Waals surface area (Å²) in [4.78, 5) is 14.8. The van der Waals surface area contributed by atoms with Crippen molar-refractivity contribution < 1.29 is 14.3 Å². The highest BCUT2D eigenvalue weighted by molar-refractivity contribution is 6.30. The van der Waals surface area contributed by atoms with Gasteiger partial charge in [-0.05, 0) is 43.7 Å². The standard InChI is InChI=1S/C20H22ClNO3/c1-14-11-22(12-15(2)25-14)20(23)18-5-3-4-6-19(18)24-13-16-7-9-17(21)10-8-16/h3-10,14-15H,11-13H2,1-2H3/t14-,15-/m0/s1. The SMILES string of the molecule is C[C@H]1CN(C(=O)c2ccccc2OCc2ccc(Cl)cc2)C[C@H](C)O1. The van der Waals surface area contributed by atoms with Crippen LogP contribution in [0, 0.1) is 0 Å². The Balaban J connectivity index is 1.73. The molecule has 1 saturated heterocycles. The summed E-state index contributed by atoms with van der Waals surface area (Å²) < 4.78 is 11.6. The first-order valence-corrected chi connectivity index (χ1v) is 8.81. The zero-order chi connectivity index (χ0) is 17.8. The van der Waals surface area contributed by atoms with Gasteiger partial charge in [0.15, 0.2) is 0 Å². The van der Waals surface area contributed by atoms with Crippen molar-refractivity contribution in [3.05, 3.63) is 64.7 Å². The van der Waals surface area contributed by atoms with E-state index >= 15 is 0 Å². The molecular formula is C20H22ClNO3. The molecule has 2 aromatic rings. The molecule has 5 heteroatoms. The van der Waals surface area contributed by atoms with Gasteiger partial charge in [-0.25, -0.2) is 0 Å². The van der Waals surface area contributed by atoms with Crippen molar-refractivity contribution in [3.63, 3.8) is 0 Å². The van der Waals surface area contributed by atoms with Crippen LogP contribution in [0.2, 0.25) is 5.02 Å². The van der Waals surface area contributed by atoms with Crippen LogP contribution < -0.4 is 4.74 Å². The number of nitrogens with zero attached hydrogens (tertiary/aromatic N) is 1. The van der Waals surface area contributed by atoms with E-state index in [-0.39, 0.29) is 18.1 Å². The van der Waals surface area contributed by atoms with Crippen molar-refractivity contribution >= 4 is 17.5 Å². The second-order valence-corrected chi connectivity index (χ2v) is 6.82. The van der Waals surface area contributed by atoms with Gasteiger partial charge in [0.1, 0.15) is 12.4 Å². The molecule has 1 aliphatic rings. The number of ether oxygens (including phenoxy) is 2. The molecule has 0 unspecified atom stereocenters. The molecule has 1 heterocycles. The lowest BCUT2D eigenvalue weighted by molar-refractivity contribution is -0.0586. The van der Waals surface area contributed by atoms with E-state index in [2.05, 4.69) is 0 Å². The number of hydrogen-bond acceptors (Lipinski definition) is 3. The fourth-order valence-electron chi connectivity index (χ4n) is 3.02. The fraction of sp³-hybridized carbons (Fsp3) is 0.350. The van der Waals surface area contributed by atoms with E-state index in [4.69, 9.17) is 21.1 Å². The molecule has 0 bridgehead atoms. The molecule has 0 radical (unpaired) electrons. The van der Waals surface area contributed by atoms with Gasteiger partial charge >= 0.3 is 0 Å². The Morgan fingerprint density at radius 1 is 1.12 bits per heavy atom. The second kappa shape index (κ2) is 7.89. The molecule has 0 saturated carbocycles. The normalized spacial score (nSPS) is 20.4. The molecule has 0 spiro atoms. The minimum atomic E-state index is -0.0197. The van der Waals surface area contributed by atoms with Gasteiger partial charge < -0.3 is 14.4 Å². The Morgan fingerprint density at radius 2 is 1.76 bits per heavy atom. The van der Waals surface area contributed by atoms with Crippen LogP contribution in [-0.4, -0.2) is 36.1 Å². The maximum absolute atomic E-state index is 12.9. The summed E-state index contributed by atoms with van der Waals surface area (Å²) in [7, 11) is 0. The fourth-order valence-corrected chi connectivity index (χ4v) is 3.15. The third kappa shape index (κ3) is 4.53. The molecule has 2 atom stereocenters. The maximum Gasteiger partial charge on any atom is 0.257 e. The summed E-state index contributed by atoms with van der Waals surface area (Å²) in [5.41, 5.74) is 1.58. The van der Waals surface area contributed by atoms with E-state index in [1.807, 2.05) is 67.3 Å². The van der Waals surface area contributed by atoms with Gasteiger partial charge in [0.05, 0.1) is 17.8 Å². The van der Waals surface area contributed by atoms with E-state index in [0.29, 0.717) is 36.0 Å². The van der Waals surface area contributed by atoms with Gasteiger partial charge in [0.25, 0.3) is 5.91 Å². The average Bonchev–Trinajstić information content (AvgIpc) is 2.60. The van der Waals surface area contributed by atoms with E-state index in [0.717, 1.165) is 5.56 Å². The highest BCUT2D eigenvalue weighted by Gasteiger charge is 2.28. The number of carbonyl (C=O) groups excluding carboxylic acids is 1. The predicted molar refractivity (Wildman–Crippen MR) is 98.1 cm³/mol. The van der Waals surface area contributed by atoms with E-state index < -0.39 is 0 Å². The van der Waals surface area contributed by atoms with Crippen LogP contribution >= 0.6 is 11.6 Å². The summed E-state index contributed by atoms with van der Waals surface area (Å²) in [6.45, 7) is 5.54. The number of carbonyl (C=O) groups is 1. The van der Waals surface area contributed by atoms with Gasteiger partial charge in [-0.1, -0.05) is 35.9 Å². The number of benzene rings is 2. The number of para-hydroxylation sites is 1. The largest absolute Gasteiger partial charge is 0.488 e. The average molecular weight is 360 g/mol. The van der Waals surface area contributed by atoms with Crippen LogP contribution in [0.3, 0.4) is 0 Å². The molecule has 4 nitrogen and oxygen atoms in total. The number of halogens is 1. The summed E-state index contributed by atoms with van der Waals surface area (Å²) in [6, 6.07) is 14.9. The molecule has 1 fully saturated rings. The Bertz CT molecular complexity index is 722. The van der Waals surface area contributed by atoms with Crippen LogP contribution in [-0.2, 0) is 11.3 Å². The molecule has 132 valence electrons. The van der Waals surface area contributed by atoms with E-state index in [9.17, 15) is 4.79 Å². The lowest BCUT2D eigenvalue weighted by Gasteiger charge is -2.35. The summed E-state index contributed by atoms with van der Waals surface area (Å²) in [5, 5.41) is 0.690. The third-order valence-electron chi connectivity index (χ3n) is 4.13. The molecule has 0 aliphatic carbocycles. The van der Waals surface area contributed by atoms with Crippen molar-refractivity contribution in [2.45, 2.75) is 32.7 Å². The van der Waals surface area contributed by atoms with Crippen LogP contribution in [0.5, 0.6) is 5.75 Å². The van der Waals surface area contributed by atoms with Gasteiger partial charge in [0, 0.05) is 18.1 Å². The van der Waals surface area contributed by atoms with Gasteiger partial charge in [0.2, 0.25) is 0 Å². The van der Waals surface area contributed by atoms with Crippen LogP contribution in [0.25, 0.3) is 0 Å². The molecular weight excluding hydrogens is 338 g/mol. The maximum atomic E-state index is 12.9. The van der Waals surface area contributed by atoms with Gasteiger partial charge in [-0.3, -0.25) is 4.79 Å². The minimum Gasteiger partial charge on any atom is -0.488 e. The Hall–Kier alpha value is -2.04. The Labute approximate surface area is 153 Å². The Morgan fingerprint density at radius 3 is 2.44 bits per heavy atom. The molecule has 25 heavy (non-hydrogen) atoms. The van der Waals surface area contributed by atoms with Crippen LogP contribution in [0.15, 0.2) is 48.5 Å². The third-order valence-corrected chi connectivity index (χ3v) is 4.38. The molecule has 0 aromatic heterocycles. The Kier molecular flexibility index (Phi) is 5.61. The molecule has 1 amide bonds. The zero-order valence-corrected chi connectivity index (χ0v) is 15.2. The number of rotatable bonds is 4. The monoisotopic (exact) mass is 359 g/mol. The molecule has 3 rings (SSSR count). The first-order valence-electron chi connectivity index (χ1n) is 8.44. The van der Waals surface area contributed by atoms with E-state index in [1.54, 1.807) is 0 Å². The summed E-state index contributed by atoms with van der Waals surface area (Å²) >= 11 is 5.90. The summed E-state index contributed by atoms with van der Waals surface area (Å²) in [6.07, 6.45) is 0.0738. The van der Waals surface area contributed by atoms with Crippen molar-refractivity contribution in [2.24, 2.45) is 0 Å². The summed E-state index contributed by atoms with van der Waals surface area (Å²) in [5.74, 6) is 0.572. The quantitative estimate of drug-likeness (QED) is 0.822. The van der Waals surface area contributed by atoms with Crippen LogP contribution in [0.1, 0.15) is 29.8 Å². The molecule has 1 aliphatic heterocycles. The predicted octanol–water partition coefficient (Wildman–Crippen LogP) is 4.17. The first-order chi connectivity index (χ1) is 12.0. The lowest BCUT2D eigenvalue weighted by Crippen LogP contribution is -2.48. The number of hydrogen-bond donors (Lipinski definition) is 0. The highest BCUT2D eigenvalue weighted by Crippen LogP contribution is 2.23. The van der Waals surface area contributed by atoms with Crippen LogP contribution in [0.4, 0.5) is 0 Å². The van der Waals surface area contributed by atoms with Crippen molar-refractivity contribution in [1.82, 2.24) is 4.90 Å². The lowest BCUT2D eigenvalue weighted by atomic mass is 10.1. The second-order valence-electron chi connectivity index (χ2n) is 6.38. The molecule has 2 aromatic carbocycles. The van der Waals surface area contributed by atoms with Gasteiger partial charge in [-0.2, -0.15) is 0 Å². The minimum absolute atomic E-state index is 0.0197. The molecule has 0 N–H and O–H groups in total. The zero-order valence-electron chi connectivity index (χ0n) is 14.4. The smallest absolute Gasteiger partial charge is 0.257 e. The first kappa shape index (κ1) is 17.8.